The Labute approximate surface area is 211 Å². The van der Waals surface area contributed by atoms with Crippen molar-refractivity contribution in [1.82, 2.24) is 0 Å². The van der Waals surface area contributed by atoms with Gasteiger partial charge in [0.25, 0.3) is 0 Å². The molecular weight excluding hydrogens is 398 g/mol. The van der Waals surface area contributed by atoms with Gasteiger partial charge in [0.15, 0.2) is 0 Å². The zero-order valence-corrected chi connectivity index (χ0v) is 23.7. The summed E-state index contributed by atoms with van der Waals surface area (Å²) in [6.07, 6.45) is 38.4. The lowest BCUT2D eigenvalue weighted by Gasteiger charge is -2.34. The molecule has 1 nitrogen and oxygen atoms in total. The molecule has 0 bridgehead atoms. The summed E-state index contributed by atoms with van der Waals surface area (Å²) in [7, 11) is 0. The highest BCUT2D eigenvalue weighted by atomic mass is 15.4. The van der Waals surface area contributed by atoms with Gasteiger partial charge in [0, 0.05) is 12.8 Å². The van der Waals surface area contributed by atoms with Gasteiger partial charge in [0.2, 0.25) is 0 Å². The van der Waals surface area contributed by atoms with E-state index in [-0.39, 0.29) is 0 Å². The van der Waals surface area contributed by atoms with Gasteiger partial charge in [-0.2, -0.15) is 0 Å². The minimum atomic E-state index is 1.37. The Morgan fingerprint density at radius 1 is 0.333 bits per heavy atom. The topological polar surface area (TPSA) is 0 Å². The molecule has 0 aromatic rings. The summed E-state index contributed by atoms with van der Waals surface area (Å²) in [5.74, 6) is 0. The summed E-state index contributed by atoms with van der Waals surface area (Å²) in [6, 6.07) is 0. The molecule has 1 saturated heterocycles. The third-order valence-corrected chi connectivity index (χ3v) is 8.49. The Kier molecular flexibility index (Phi) is 22.2. The van der Waals surface area contributed by atoms with Crippen LogP contribution in [0.2, 0.25) is 0 Å². The van der Waals surface area contributed by atoms with Crippen LogP contribution in [0, 0.1) is 0 Å². The number of hydrogen-bond acceptors (Lipinski definition) is 0. The molecule has 1 heteroatoms. The van der Waals surface area contributed by atoms with E-state index < -0.39 is 0 Å². The van der Waals surface area contributed by atoms with E-state index in [2.05, 4.69) is 13.8 Å². The van der Waals surface area contributed by atoms with Gasteiger partial charge in [-0.05, 0) is 25.7 Å². The lowest BCUT2D eigenvalue weighted by atomic mass is 10.0. The average molecular weight is 465 g/mol. The quantitative estimate of drug-likeness (QED) is 0.0881. The van der Waals surface area contributed by atoms with Gasteiger partial charge < -0.3 is 4.48 Å². The molecule has 1 aliphatic heterocycles. The fraction of sp³-hybridized carbons (Fsp3) is 1.00. The van der Waals surface area contributed by atoms with Crippen molar-refractivity contribution in [2.45, 2.75) is 181 Å². The molecule has 1 rings (SSSR count). The zero-order valence-electron chi connectivity index (χ0n) is 23.7. The Bertz CT molecular complexity index is 371. The molecule has 1 aliphatic rings. The molecule has 1 heterocycles. The van der Waals surface area contributed by atoms with E-state index in [1.165, 1.54) is 198 Å². The molecule has 0 aromatic carbocycles. The third-order valence-electron chi connectivity index (χ3n) is 8.49. The first kappa shape index (κ1) is 31.0. The average Bonchev–Trinajstić information content (AvgIpc) is 3.29. The van der Waals surface area contributed by atoms with Crippen LogP contribution in [0.5, 0.6) is 0 Å². The molecule has 0 aromatic heterocycles. The number of rotatable bonds is 26. The molecule has 0 aliphatic carbocycles. The smallest absolute Gasteiger partial charge is 0.0788 e. The molecule has 0 unspecified atom stereocenters. The number of unbranched alkanes of at least 4 members (excludes halogenated alkanes) is 22. The Hall–Kier alpha value is -0.0400. The molecule has 198 valence electrons. The minimum absolute atomic E-state index is 1.37. The summed E-state index contributed by atoms with van der Waals surface area (Å²) >= 11 is 0. The van der Waals surface area contributed by atoms with Gasteiger partial charge in [0.1, 0.15) is 0 Å². The van der Waals surface area contributed by atoms with Crippen molar-refractivity contribution in [1.29, 1.82) is 0 Å². The lowest BCUT2D eigenvalue weighted by Crippen LogP contribution is -2.46. The molecule has 0 saturated carbocycles. The number of likely N-dealkylation sites (tertiary alicyclic amines) is 1. The van der Waals surface area contributed by atoms with Crippen molar-refractivity contribution in [2.75, 3.05) is 26.2 Å². The molecule has 0 spiro atoms. The van der Waals surface area contributed by atoms with Crippen LogP contribution in [0.3, 0.4) is 0 Å². The summed E-state index contributed by atoms with van der Waals surface area (Å²) in [6.45, 7) is 10.6. The highest BCUT2D eigenvalue weighted by molar-refractivity contribution is 4.58. The highest BCUT2D eigenvalue weighted by Gasteiger charge is 2.30. The molecule has 33 heavy (non-hydrogen) atoms. The van der Waals surface area contributed by atoms with Gasteiger partial charge in [-0.15, -0.1) is 0 Å². The Morgan fingerprint density at radius 2 is 0.576 bits per heavy atom. The fourth-order valence-electron chi connectivity index (χ4n) is 6.14. The van der Waals surface area contributed by atoms with Crippen LogP contribution < -0.4 is 0 Å². The zero-order chi connectivity index (χ0) is 23.7. The van der Waals surface area contributed by atoms with Gasteiger partial charge in [-0.3, -0.25) is 0 Å². The second-order valence-electron chi connectivity index (χ2n) is 11.7. The van der Waals surface area contributed by atoms with Crippen molar-refractivity contribution in [3.8, 4) is 0 Å². The number of hydrogen-bond donors (Lipinski definition) is 0. The van der Waals surface area contributed by atoms with E-state index in [4.69, 9.17) is 0 Å². The maximum Gasteiger partial charge on any atom is 0.0788 e. The van der Waals surface area contributed by atoms with Crippen LogP contribution in [-0.4, -0.2) is 30.7 Å². The van der Waals surface area contributed by atoms with Gasteiger partial charge in [-0.1, -0.05) is 142 Å². The third kappa shape index (κ3) is 18.9. The normalized spacial score (nSPS) is 15.5. The monoisotopic (exact) mass is 465 g/mol. The SMILES string of the molecule is CCCCCCCCCCCCCCCC[N+]1(CCCCCCCCCCCC)CCCC1. The first-order valence-electron chi connectivity index (χ1n) is 16.2. The molecule has 1 fully saturated rings. The van der Waals surface area contributed by atoms with E-state index in [0.29, 0.717) is 0 Å². The van der Waals surface area contributed by atoms with Crippen LogP contribution in [0.4, 0.5) is 0 Å². The van der Waals surface area contributed by atoms with Crippen LogP contribution in [-0.2, 0) is 0 Å². The van der Waals surface area contributed by atoms with Crippen LogP contribution in [0.15, 0.2) is 0 Å². The predicted octanol–water partition coefficient (Wildman–Crippen LogP) is 11.0. The van der Waals surface area contributed by atoms with Crippen LogP contribution in [0.1, 0.15) is 181 Å². The van der Waals surface area contributed by atoms with Gasteiger partial charge in [-0.25, -0.2) is 0 Å². The predicted molar refractivity (Wildman–Crippen MR) is 151 cm³/mol. The van der Waals surface area contributed by atoms with Gasteiger partial charge >= 0.3 is 0 Å². The van der Waals surface area contributed by atoms with E-state index >= 15 is 0 Å². The van der Waals surface area contributed by atoms with Crippen molar-refractivity contribution in [3.63, 3.8) is 0 Å². The van der Waals surface area contributed by atoms with Gasteiger partial charge in [0.05, 0.1) is 26.2 Å². The summed E-state index contributed by atoms with van der Waals surface area (Å²) in [5, 5.41) is 0. The number of nitrogens with zero attached hydrogens (tertiary/aromatic N) is 1. The largest absolute Gasteiger partial charge is 0.324 e. The van der Waals surface area contributed by atoms with Crippen LogP contribution in [0.25, 0.3) is 0 Å². The van der Waals surface area contributed by atoms with E-state index in [1.54, 1.807) is 0 Å². The summed E-state index contributed by atoms with van der Waals surface area (Å²) < 4.78 is 1.50. The first-order valence-corrected chi connectivity index (χ1v) is 16.2. The van der Waals surface area contributed by atoms with Crippen molar-refractivity contribution < 1.29 is 4.48 Å². The maximum absolute atomic E-state index is 2.31. The molecule has 0 N–H and O–H groups in total. The molecule has 0 radical (unpaired) electrons. The highest BCUT2D eigenvalue weighted by Crippen LogP contribution is 2.23. The van der Waals surface area contributed by atoms with E-state index in [1.807, 2.05) is 0 Å². The summed E-state index contributed by atoms with van der Waals surface area (Å²) in [5.41, 5.74) is 0. The first-order chi connectivity index (χ1) is 16.3. The number of quaternary nitrogens is 1. The molecular formula is C32H66N+. The Morgan fingerprint density at radius 3 is 0.848 bits per heavy atom. The fourth-order valence-corrected chi connectivity index (χ4v) is 6.14. The molecule has 0 atom stereocenters. The second-order valence-corrected chi connectivity index (χ2v) is 11.7. The second kappa shape index (κ2) is 23.7. The van der Waals surface area contributed by atoms with Crippen molar-refractivity contribution in [2.24, 2.45) is 0 Å². The van der Waals surface area contributed by atoms with Crippen molar-refractivity contribution in [3.05, 3.63) is 0 Å². The van der Waals surface area contributed by atoms with Crippen molar-refractivity contribution >= 4 is 0 Å². The summed E-state index contributed by atoms with van der Waals surface area (Å²) in [4.78, 5) is 0. The minimum Gasteiger partial charge on any atom is -0.324 e. The maximum atomic E-state index is 2.31. The Balaban J connectivity index is 1.90. The van der Waals surface area contributed by atoms with E-state index in [9.17, 15) is 0 Å². The van der Waals surface area contributed by atoms with Crippen LogP contribution >= 0.6 is 0 Å². The lowest BCUT2D eigenvalue weighted by molar-refractivity contribution is -0.917. The standard InChI is InChI=1S/C32H66N/c1-3-5-7-9-11-13-15-16-17-18-20-22-24-26-30-33(31-27-28-32-33)29-25-23-21-19-14-12-10-8-6-4-2/h3-32H2,1-2H3/q+1. The van der Waals surface area contributed by atoms with E-state index in [0.717, 1.165) is 0 Å². The molecule has 0 amide bonds.